The minimum absolute atomic E-state index is 0.249. The van der Waals surface area contributed by atoms with Crippen molar-refractivity contribution < 1.29 is 8.81 Å². The van der Waals surface area contributed by atoms with E-state index in [4.69, 9.17) is 4.42 Å². The van der Waals surface area contributed by atoms with E-state index in [9.17, 15) is 4.39 Å². The maximum Gasteiger partial charge on any atom is 0.135 e. The van der Waals surface area contributed by atoms with E-state index in [0.29, 0.717) is 12.3 Å². The number of halogens is 1. The van der Waals surface area contributed by atoms with Gasteiger partial charge in [0.15, 0.2) is 0 Å². The lowest BCUT2D eigenvalue weighted by Crippen LogP contribution is -2.12. The largest absolute Gasteiger partial charge is 0.456 e. The van der Waals surface area contributed by atoms with Gasteiger partial charge < -0.3 is 9.73 Å². The highest BCUT2D eigenvalue weighted by Gasteiger charge is 2.11. The summed E-state index contributed by atoms with van der Waals surface area (Å²) in [5.41, 5.74) is 2.66. The molecule has 0 unspecified atom stereocenters. The van der Waals surface area contributed by atoms with Gasteiger partial charge in [0.25, 0.3) is 0 Å². The Balaban J connectivity index is 2.09. The van der Waals surface area contributed by atoms with E-state index in [1.54, 1.807) is 6.07 Å². The van der Waals surface area contributed by atoms with Crippen molar-refractivity contribution >= 4 is 11.0 Å². The molecule has 3 heteroatoms. The summed E-state index contributed by atoms with van der Waals surface area (Å²) in [6.07, 6.45) is 0. The fraction of sp³-hybridized carbons (Fsp3) is 0.176. The zero-order chi connectivity index (χ0) is 13.9. The predicted octanol–water partition coefficient (Wildman–Crippen LogP) is 4.35. The van der Waals surface area contributed by atoms with Gasteiger partial charge in [-0.25, -0.2) is 4.39 Å². The Labute approximate surface area is 117 Å². The Morgan fingerprint density at radius 2 is 1.95 bits per heavy atom. The average Bonchev–Trinajstić information content (AvgIpc) is 2.89. The lowest BCUT2D eigenvalue weighted by atomic mass is 10.0. The number of rotatable bonds is 4. The van der Waals surface area contributed by atoms with Gasteiger partial charge in [0, 0.05) is 17.5 Å². The van der Waals surface area contributed by atoms with Crippen LogP contribution in [0.1, 0.15) is 12.5 Å². The van der Waals surface area contributed by atoms with Crippen LogP contribution in [0.5, 0.6) is 0 Å². The first-order valence-corrected chi connectivity index (χ1v) is 6.76. The third kappa shape index (κ3) is 2.45. The van der Waals surface area contributed by atoms with Crippen LogP contribution in [-0.4, -0.2) is 6.54 Å². The van der Waals surface area contributed by atoms with Gasteiger partial charge in [0.05, 0.1) is 0 Å². The summed E-state index contributed by atoms with van der Waals surface area (Å²) in [6.45, 7) is 3.62. The second-order valence-corrected chi connectivity index (χ2v) is 4.73. The highest BCUT2D eigenvalue weighted by atomic mass is 19.1. The molecule has 20 heavy (non-hydrogen) atoms. The molecule has 2 aromatic carbocycles. The molecule has 1 aromatic heterocycles. The molecule has 0 atom stereocenters. The lowest BCUT2D eigenvalue weighted by molar-refractivity contribution is 0.614. The molecule has 0 aliphatic carbocycles. The second-order valence-electron chi connectivity index (χ2n) is 4.73. The van der Waals surface area contributed by atoms with Crippen molar-refractivity contribution in [2.75, 3.05) is 6.54 Å². The van der Waals surface area contributed by atoms with Crippen molar-refractivity contribution in [2.24, 2.45) is 0 Å². The molecule has 0 fully saturated rings. The van der Waals surface area contributed by atoms with E-state index in [0.717, 1.165) is 28.6 Å². The van der Waals surface area contributed by atoms with Gasteiger partial charge in [-0.2, -0.15) is 0 Å². The fourth-order valence-electron chi connectivity index (χ4n) is 2.31. The van der Waals surface area contributed by atoms with Crippen molar-refractivity contribution in [1.82, 2.24) is 5.32 Å². The summed E-state index contributed by atoms with van der Waals surface area (Å²) in [6, 6.07) is 14.6. The molecule has 0 spiro atoms. The van der Waals surface area contributed by atoms with Gasteiger partial charge in [-0.3, -0.25) is 0 Å². The minimum Gasteiger partial charge on any atom is -0.456 e. The second kappa shape index (κ2) is 5.47. The minimum atomic E-state index is -0.249. The molecule has 102 valence electrons. The molecule has 0 radical (unpaired) electrons. The SMILES string of the molecule is CCNCc1ccc(F)cc1-c1cc2ccccc2o1. The quantitative estimate of drug-likeness (QED) is 0.761. The van der Waals surface area contributed by atoms with Gasteiger partial charge in [-0.15, -0.1) is 0 Å². The highest BCUT2D eigenvalue weighted by molar-refractivity contribution is 5.83. The van der Waals surface area contributed by atoms with Gasteiger partial charge in [-0.05, 0) is 36.4 Å². The molecule has 1 N–H and O–H groups in total. The third-order valence-corrected chi connectivity index (χ3v) is 3.33. The van der Waals surface area contributed by atoms with E-state index < -0.39 is 0 Å². The van der Waals surface area contributed by atoms with E-state index in [1.807, 2.05) is 37.3 Å². The normalized spacial score (nSPS) is 11.1. The summed E-state index contributed by atoms with van der Waals surface area (Å²) in [7, 11) is 0. The first-order valence-electron chi connectivity index (χ1n) is 6.76. The molecule has 0 bridgehead atoms. The van der Waals surface area contributed by atoms with Crippen LogP contribution in [-0.2, 0) is 6.54 Å². The lowest BCUT2D eigenvalue weighted by Gasteiger charge is -2.08. The molecule has 0 aliphatic rings. The van der Waals surface area contributed by atoms with Crippen molar-refractivity contribution in [1.29, 1.82) is 0 Å². The number of benzene rings is 2. The molecule has 2 nitrogen and oxygen atoms in total. The number of nitrogens with one attached hydrogen (secondary N) is 1. The molecule has 0 aliphatic heterocycles. The van der Waals surface area contributed by atoms with Gasteiger partial charge in [0.1, 0.15) is 17.2 Å². The molecule has 0 amide bonds. The topological polar surface area (TPSA) is 25.2 Å². The zero-order valence-corrected chi connectivity index (χ0v) is 11.3. The summed E-state index contributed by atoms with van der Waals surface area (Å²) in [5.74, 6) is 0.458. The van der Waals surface area contributed by atoms with E-state index >= 15 is 0 Å². The smallest absolute Gasteiger partial charge is 0.135 e. The molecule has 1 heterocycles. The van der Waals surface area contributed by atoms with Gasteiger partial charge in [-0.1, -0.05) is 31.2 Å². The summed E-state index contributed by atoms with van der Waals surface area (Å²) in [4.78, 5) is 0. The molecule has 3 aromatic rings. The summed E-state index contributed by atoms with van der Waals surface area (Å²) < 4.78 is 19.4. The van der Waals surface area contributed by atoms with Crippen LogP contribution in [0.4, 0.5) is 4.39 Å². The Morgan fingerprint density at radius 1 is 1.10 bits per heavy atom. The van der Waals surface area contributed by atoms with E-state index in [1.165, 1.54) is 12.1 Å². The average molecular weight is 269 g/mol. The maximum absolute atomic E-state index is 13.5. The van der Waals surface area contributed by atoms with Gasteiger partial charge >= 0.3 is 0 Å². The predicted molar refractivity (Wildman–Crippen MR) is 79.0 cm³/mol. The van der Waals surface area contributed by atoms with Crippen LogP contribution in [0.2, 0.25) is 0 Å². The molecule has 0 saturated heterocycles. The maximum atomic E-state index is 13.5. The molecular weight excluding hydrogens is 253 g/mol. The number of hydrogen-bond acceptors (Lipinski definition) is 2. The summed E-state index contributed by atoms with van der Waals surface area (Å²) in [5, 5.41) is 4.29. The van der Waals surface area contributed by atoms with Gasteiger partial charge in [0.2, 0.25) is 0 Å². The van der Waals surface area contributed by atoms with Crippen LogP contribution in [0.15, 0.2) is 52.9 Å². The van der Waals surface area contributed by atoms with Crippen LogP contribution in [0, 0.1) is 5.82 Å². The van der Waals surface area contributed by atoms with Crippen molar-refractivity contribution in [3.63, 3.8) is 0 Å². The Kier molecular flexibility index (Phi) is 3.52. The Morgan fingerprint density at radius 3 is 2.75 bits per heavy atom. The number of furan rings is 1. The standard InChI is InChI=1S/C17H16FNO/c1-2-19-11-13-7-8-14(18)10-15(13)17-9-12-5-3-4-6-16(12)20-17/h3-10,19H,2,11H2,1H3. The van der Waals surface area contributed by atoms with Crippen molar-refractivity contribution in [3.05, 3.63) is 59.9 Å². The van der Waals surface area contributed by atoms with E-state index in [2.05, 4.69) is 5.32 Å². The summed E-state index contributed by atoms with van der Waals surface area (Å²) >= 11 is 0. The van der Waals surface area contributed by atoms with Crippen LogP contribution < -0.4 is 5.32 Å². The molecule has 0 saturated carbocycles. The number of hydrogen-bond donors (Lipinski definition) is 1. The fourth-order valence-corrected chi connectivity index (χ4v) is 2.31. The highest BCUT2D eigenvalue weighted by Crippen LogP contribution is 2.30. The molecular formula is C17H16FNO. The van der Waals surface area contributed by atoms with Crippen LogP contribution in [0.25, 0.3) is 22.3 Å². The molecule has 3 rings (SSSR count). The van der Waals surface area contributed by atoms with Crippen molar-refractivity contribution in [3.8, 4) is 11.3 Å². The van der Waals surface area contributed by atoms with Crippen LogP contribution >= 0.6 is 0 Å². The Bertz CT molecular complexity index is 700. The third-order valence-electron chi connectivity index (χ3n) is 3.33. The van der Waals surface area contributed by atoms with E-state index in [-0.39, 0.29) is 5.82 Å². The number of para-hydroxylation sites is 1. The first-order chi connectivity index (χ1) is 9.78. The van der Waals surface area contributed by atoms with Crippen LogP contribution in [0.3, 0.4) is 0 Å². The van der Waals surface area contributed by atoms with Crippen molar-refractivity contribution in [2.45, 2.75) is 13.5 Å². The monoisotopic (exact) mass is 269 g/mol. The zero-order valence-electron chi connectivity index (χ0n) is 11.3. The first kappa shape index (κ1) is 12.9. The Hall–Kier alpha value is -2.13. The number of fused-ring (bicyclic) bond motifs is 1.